The third kappa shape index (κ3) is 4.42. The van der Waals surface area contributed by atoms with Gasteiger partial charge in [0.1, 0.15) is 5.82 Å². The molecule has 1 amide bonds. The lowest BCUT2D eigenvalue weighted by molar-refractivity contribution is 0.0729. The first-order valence-electron chi connectivity index (χ1n) is 10.5. The van der Waals surface area contributed by atoms with Gasteiger partial charge in [0.2, 0.25) is 10.0 Å². The van der Waals surface area contributed by atoms with E-state index in [9.17, 15) is 17.6 Å². The molecule has 2 aliphatic rings. The van der Waals surface area contributed by atoms with Gasteiger partial charge < -0.3 is 4.90 Å². The van der Waals surface area contributed by atoms with Gasteiger partial charge in [-0.25, -0.2) is 12.8 Å². The third-order valence-corrected chi connectivity index (χ3v) is 7.80. The number of rotatable bonds is 6. The number of carbonyl (C=O) groups is 1. The maximum Gasteiger partial charge on any atom is 0.254 e. The first kappa shape index (κ1) is 21.0. The van der Waals surface area contributed by atoms with Gasteiger partial charge in [-0.3, -0.25) is 4.79 Å². The van der Waals surface area contributed by atoms with Crippen LogP contribution in [0.2, 0.25) is 0 Å². The van der Waals surface area contributed by atoms with Crippen molar-refractivity contribution in [1.29, 1.82) is 0 Å². The summed E-state index contributed by atoms with van der Waals surface area (Å²) in [6.45, 7) is 3.26. The van der Waals surface area contributed by atoms with Crippen LogP contribution < -0.4 is 0 Å². The normalized spacial score (nSPS) is 17.7. The van der Waals surface area contributed by atoms with Crippen molar-refractivity contribution < 1.29 is 17.6 Å². The second-order valence-corrected chi connectivity index (χ2v) is 10.2. The van der Waals surface area contributed by atoms with Gasteiger partial charge >= 0.3 is 0 Å². The molecule has 160 valence electrons. The zero-order valence-electron chi connectivity index (χ0n) is 17.2. The Bertz CT molecular complexity index is 1030. The molecule has 0 atom stereocenters. The Hall–Kier alpha value is -2.25. The number of carbonyl (C=O) groups excluding carboxylic acids is 1. The van der Waals surface area contributed by atoms with Crippen molar-refractivity contribution in [3.05, 3.63) is 65.0 Å². The summed E-state index contributed by atoms with van der Waals surface area (Å²) in [6, 6.07) is 11.1. The highest BCUT2D eigenvalue weighted by Crippen LogP contribution is 2.31. The molecule has 0 aromatic heterocycles. The highest BCUT2D eigenvalue weighted by Gasteiger charge is 2.34. The molecule has 1 aliphatic heterocycles. The smallest absolute Gasteiger partial charge is 0.254 e. The predicted octanol–water partition coefficient (Wildman–Crippen LogP) is 4.11. The first-order chi connectivity index (χ1) is 14.4. The Morgan fingerprint density at radius 1 is 1.07 bits per heavy atom. The van der Waals surface area contributed by atoms with E-state index in [2.05, 4.69) is 0 Å². The lowest BCUT2D eigenvalue weighted by Gasteiger charge is -2.27. The minimum atomic E-state index is -3.61. The van der Waals surface area contributed by atoms with Crippen LogP contribution in [0.1, 0.15) is 53.6 Å². The minimum absolute atomic E-state index is 0.143. The zero-order chi connectivity index (χ0) is 21.3. The van der Waals surface area contributed by atoms with Gasteiger partial charge in [0.05, 0.1) is 4.90 Å². The molecular weight excluding hydrogens is 403 g/mol. The summed E-state index contributed by atoms with van der Waals surface area (Å²) >= 11 is 0. The summed E-state index contributed by atoms with van der Waals surface area (Å²) in [5, 5.41) is 0. The molecule has 5 nitrogen and oxygen atoms in total. The topological polar surface area (TPSA) is 57.7 Å². The summed E-state index contributed by atoms with van der Waals surface area (Å²) in [5.74, 6) is -0.482. The van der Waals surface area contributed by atoms with E-state index in [-0.39, 0.29) is 22.7 Å². The van der Waals surface area contributed by atoms with Gasteiger partial charge in [-0.05, 0) is 68.0 Å². The van der Waals surface area contributed by atoms with Gasteiger partial charge in [-0.15, -0.1) is 0 Å². The number of amides is 1. The van der Waals surface area contributed by atoms with E-state index >= 15 is 0 Å². The van der Waals surface area contributed by atoms with E-state index in [0.29, 0.717) is 25.2 Å². The van der Waals surface area contributed by atoms with Gasteiger partial charge in [0.25, 0.3) is 5.91 Å². The third-order valence-electron chi connectivity index (χ3n) is 5.91. The highest BCUT2D eigenvalue weighted by molar-refractivity contribution is 7.89. The Kier molecular flexibility index (Phi) is 5.93. The number of hydrogen-bond acceptors (Lipinski definition) is 3. The Morgan fingerprint density at radius 3 is 2.37 bits per heavy atom. The molecule has 0 N–H and O–H groups in total. The number of sulfonamides is 1. The maximum absolute atomic E-state index is 13.4. The van der Waals surface area contributed by atoms with Crippen molar-refractivity contribution >= 4 is 15.9 Å². The summed E-state index contributed by atoms with van der Waals surface area (Å²) < 4.78 is 40.9. The number of halogens is 1. The number of piperidine rings is 1. The molecule has 30 heavy (non-hydrogen) atoms. The van der Waals surface area contributed by atoms with E-state index in [1.165, 1.54) is 22.5 Å². The fourth-order valence-corrected chi connectivity index (χ4v) is 5.48. The first-order valence-corrected chi connectivity index (χ1v) is 12.0. The van der Waals surface area contributed by atoms with E-state index in [4.69, 9.17) is 0 Å². The Morgan fingerprint density at radius 2 is 1.73 bits per heavy atom. The average Bonchev–Trinajstić information content (AvgIpc) is 3.59. The number of aryl methyl sites for hydroxylation is 1. The average molecular weight is 431 g/mol. The summed E-state index contributed by atoms with van der Waals surface area (Å²) in [6.07, 6.45) is 4.63. The number of hydrogen-bond donors (Lipinski definition) is 0. The van der Waals surface area contributed by atoms with E-state index in [1.807, 2.05) is 6.92 Å². The van der Waals surface area contributed by atoms with Crippen molar-refractivity contribution in [3.8, 4) is 0 Å². The lowest BCUT2D eigenvalue weighted by Crippen LogP contribution is -2.36. The molecule has 1 aliphatic carbocycles. The van der Waals surface area contributed by atoms with Crippen molar-refractivity contribution in [2.45, 2.75) is 56.5 Å². The quantitative estimate of drug-likeness (QED) is 0.693. The summed E-state index contributed by atoms with van der Waals surface area (Å²) in [7, 11) is -3.61. The van der Waals surface area contributed by atoms with Crippen LogP contribution in [0.3, 0.4) is 0 Å². The minimum Gasteiger partial charge on any atom is -0.331 e. The van der Waals surface area contributed by atoms with Crippen molar-refractivity contribution in [2.75, 3.05) is 13.1 Å². The van der Waals surface area contributed by atoms with Gasteiger partial charge in [0.15, 0.2) is 0 Å². The highest BCUT2D eigenvalue weighted by atomic mass is 32.2. The fraction of sp³-hybridized carbons (Fsp3) is 0.435. The van der Waals surface area contributed by atoms with E-state index < -0.39 is 10.0 Å². The van der Waals surface area contributed by atoms with Crippen LogP contribution in [0, 0.1) is 12.7 Å². The maximum atomic E-state index is 13.4. The summed E-state index contributed by atoms with van der Waals surface area (Å²) in [5.41, 5.74) is 2.02. The number of nitrogens with zero attached hydrogens (tertiary/aromatic N) is 2. The van der Waals surface area contributed by atoms with Crippen LogP contribution in [0.4, 0.5) is 4.39 Å². The van der Waals surface area contributed by atoms with Crippen LogP contribution >= 0.6 is 0 Å². The summed E-state index contributed by atoms with van der Waals surface area (Å²) in [4.78, 5) is 15.4. The molecule has 1 saturated carbocycles. The monoisotopic (exact) mass is 430 g/mol. The molecule has 0 spiro atoms. The van der Waals surface area contributed by atoms with Crippen LogP contribution in [0.15, 0.2) is 47.4 Å². The van der Waals surface area contributed by atoms with Crippen LogP contribution in [-0.2, 0) is 16.6 Å². The molecular formula is C23H27FN2O3S. The second-order valence-electron chi connectivity index (χ2n) is 8.23. The molecule has 1 heterocycles. The molecule has 0 bridgehead atoms. The SMILES string of the molecule is Cc1ccc(S(=O)(=O)N2CCCCC2)cc1C(=O)N(Cc1ccc(F)cc1)C1CC1. The molecule has 2 aromatic rings. The molecule has 2 fully saturated rings. The number of benzene rings is 2. The largest absolute Gasteiger partial charge is 0.331 e. The lowest BCUT2D eigenvalue weighted by atomic mass is 10.1. The standard InChI is InChI=1S/C23H27FN2O3S/c1-17-5-12-21(30(28,29)25-13-3-2-4-14-25)15-22(17)23(27)26(20-10-11-20)16-18-6-8-19(24)9-7-18/h5-9,12,15,20H,2-4,10-11,13-14,16H2,1H3. The fourth-order valence-electron chi connectivity index (χ4n) is 3.94. The zero-order valence-corrected chi connectivity index (χ0v) is 18.0. The Labute approximate surface area is 177 Å². The van der Waals surface area contributed by atoms with Crippen molar-refractivity contribution in [2.24, 2.45) is 0 Å². The van der Waals surface area contributed by atoms with Gasteiger partial charge in [0, 0.05) is 31.2 Å². The van der Waals surface area contributed by atoms with Crippen molar-refractivity contribution in [3.63, 3.8) is 0 Å². The molecule has 7 heteroatoms. The van der Waals surface area contributed by atoms with Crippen LogP contribution in [0.25, 0.3) is 0 Å². The van der Waals surface area contributed by atoms with E-state index in [1.54, 1.807) is 29.2 Å². The van der Waals surface area contributed by atoms with Gasteiger partial charge in [-0.2, -0.15) is 4.31 Å². The molecule has 0 radical (unpaired) electrons. The van der Waals surface area contributed by atoms with Crippen LogP contribution in [-0.4, -0.2) is 42.7 Å². The molecule has 0 unspecified atom stereocenters. The van der Waals surface area contributed by atoms with E-state index in [0.717, 1.165) is 43.2 Å². The van der Waals surface area contributed by atoms with Crippen LogP contribution in [0.5, 0.6) is 0 Å². The molecule has 1 saturated heterocycles. The molecule has 4 rings (SSSR count). The Balaban J connectivity index is 1.62. The molecule has 2 aromatic carbocycles. The predicted molar refractivity (Wildman–Crippen MR) is 113 cm³/mol. The van der Waals surface area contributed by atoms with Gasteiger partial charge in [-0.1, -0.05) is 24.6 Å². The van der Waals surface area contributed by atoms with Crippen molar-refractivity contribution in [1.82, 2.24) is 9.21 Å². The second kappa shape index (κ2) is 8.47.